The van der Waals surface area contributed by atoms with Gasteiger partial charge in [-0.15, -0.1) is 0 Å². The van der Waals surface area contributed by atoms with Crippen LogP contribution in [0.1, 0.15) is 38.7 Å². The number of rotatable bonds is 6. The number of aryl methyl sites for hydroxylation is 1. The van der Waals surface area contributed by atoms with Crippen molar-refractivity contribution in [2.24, 2.45) is 0 Å². The third-order valence-electron chi connectivity index (χ3n) is 3.69. The Morgan fingerprint density at radius 3 is 3.00 bits per heavy atom. The number of aromatic nitrogens is 2. The monoisotopic (exact) mass is 250 g/mol. The molecule has 1 saturated heterocycles. The molecule has 1 aliphatic rings. The lowest BCUT2D eigenvalue weighted by Crippen LogP contribution is -2.45. The van der Waals surface area contributed by atoms with E-state index in [0.29, 0.717) is 6.04 Å². The topological polar surface area (TPSA) is 33.1 Å². The molecule has 0 saturated carbocycles. The lowest BCUT2D eigenvalue weighted by molar-refractivity contribution is 0.158. The molecule has 1 aromatic rings. The van der Waals surface area contributed by atoms with E-state index in [1.807, 2.05) is 10.9 Å². The molecule has 1 atom stereocenters. The molecule has 1 aromatic heterocycles. The van der Waals surface area contributed by atoms with Gasteiger partial charge in [-0.2, -0.15) is 5.10 Å². The minimum Gasteiger partial charge on any atom is -0.315 e. The van der Waals surface area contributed by atoms with E-state index in [0.717, 1.165) is 19.6 Å². The van der Waals surface area contributed by atoms with Crippen LogP contribution in [-0.4, -0.2) is 40.4 Å². The van der Waals surface area contributed by atoms with Crippen LogP contribution in [0.5, 0.6) is 0 Å². The maximum atomic E-state index is 4.37. The van der Waals surface area contributed by atoms with Crippen LogP contribution in [0, 0.1) is 0 Å². The molecule has 2 rings (SSSR count). The lowest BCUT2D eigenvalue weighted by Gasteiger charge is -2.34. The molecule has 1 unspecified atom stereocenters. The van der Waals surface area contributed by atoms with Crippen molar-refractivity contribution < 1.29 is 0 Å². The third kappa shape index (κ3) is 3.56. The molecule has 102 valence electrons. The van der Waals surface area contributed by atoms with Crippen molar-refractivity contribution in [3.8, 4) is 0 Å². The highest BCUT2D eigenvalue weighted by atomic mass is 15.3. The van der Waals surface area contributed by atoms with Crippen LogP contribution in [0.3, 0.4) is 0 Å². The van der Waals surface area contributed by atoms with Crippen molar-refractivity contribution in [2.75, 3.05) is 19.6 Å². The van der Waals surface area contributed by atoms with Gasteiger partial charge in [-0.25, -0.2) is 0 Å². The van der Waals surface area contributed by atoms with E-state index in [1.54, 1.807) is 0 Å². The van der Waals surface area contributed by atoms with E-state index in [4.69, 9.17) is 0 Å². The zero-order valence-corrected chi connectivity index (χ0v) is 11.7. The molecular weight excluding hydrogens is 224 g/mol. The summed E-state index contributed by atoms with van der Waals surface area (Å²) in [6, 6.07) is 0.698. The van der Waals surface area contributed by atoms with Crippen LogP contribution in [0.25, 0.3) is 0 Å². The second-order valence-electron chi connectivity index (χ2n) is 5.17. The number of piperidine rings is 1. The molecule has 0 bridgehead atoms. The first-order chi connectivity index (χ1) is 8.83. The zero-order valence-electron chi connectivity index (χ0n) is 11.7. The van der Waals surface area contributed by atoms with Gasteiger partial charge in [-0.1, -0.05) is 6.92 Å². The Morgan fingerprint density at radius 1 is 1.50 bits per heavy atom. The smallest absolute Gasteiger partial charge is 0.0534 e. The Labute approximate surface area is 110 Å². The Bertz CT molecular complexity index is 341. The molecule has 4 heteroatoms. The number of nitrogens with one attached hydrogen (secondary N) is 1. The van der Waals surface area contributed by atoms with Gasteiger partial charge in [0.15, 0.2) is 0 Å². The number of nitrogens with zero attached hydrogens (tertiary/aromatic N) is 3. The van der Waals surface area contributed by atoms with Crippen molar-refractivity contribution in [2.45, 2.75) is 52.2 Å². The first-order valence-corrected chi connectivity index (χ1v) is 7.29. The highest BCUT2D eigenvalue weighted by Crippen LogP contribution is 2.14. The van der Waals surface area contributed by atoms with Crippen LogP contribution in [0.4, 0.5) is 0 Å². The fourth-order valence-electron chi connectivity index (χ4n) is 2.72. The van der Waals surface area contributed by atoms with Gasteiger partial charge in [0.1, 0.15) is 0 Å². The van der Waals surface area contributed by atoms with E-state index in [9.17, 15) is 0 Å². The number of hydrogen-bond donors (Lipinski definition) is 1. The molecule has 18 heavy (non-hydrogen) atoms. The average Bonchev–Trinajstić information content (AvgIpc) is 2.87. The van der Waals surface area contributed by atoms with Crippen molar-refractivity contribution >= 4 is 0 Å². The summed E-state index contributed by atoms with van der Waals surface area (Å²) in [7, 11) is 0. The number of hydrogen-bond acceptors (Lipinski definition) is 3. The van der Waals surface area contributed by atoms with Crippen molar-refractivity contribution in [1.82, 2.24) is 20.0 Å². The Kier molecular flexibility index (Phi) is 5.20. The van der Waals surface area contributed by atoms with Gasteiger partial charge in [0.05, 0.1) is 6.20 Å². The summed E-state index contributed by atoms with van der Waals surface area (Å²) in [5.41, 5.74) is 1.34. The van der Waals surface area contributed by atoms with Crippen LogP contribution in [0.2, 0.25) is 0 Å². The molecule has 1 N–H and O–H groups in total. The van der Waals surface area contributed by atoms with Gasteiger partial charge in [0.2, 0.25) is 0 Å². The summed E-state index contributed by atoms with van der Waals surface area (Å²) in [6.07, 6.45) is 8.05. The molecule has 2 heterocycles. The van der Waals surface area contributed by atoms with Gasteiger partial charge in [-0.3, -0.25) is 9.58 Å². The molecule has 4 nitrogen and oxygen atoms in total. The minimum absolute atomic E-state index is 0.698. The summed E-state index contributed by atoms with van der Waals surface area (Å²) < 4.78 is 2.01. The fourth-order valence-corrected chi connectivity index (χ4v) is 2.72. The maximum Gasteiger partial charge on any atom is 0.0534 e. The van der Waals surface area contributed by atoms with Crippen LogP contribution in [0.15, 0.2) is 12.4 Å². The van der Waals surface area contributed by atoms with Crippen molar-refractivity contribution in [3.05, 3.63) is 18.0 Å². The van der Waals surface area contributed by atoms with Gasteiger partial charge in [0.25, 0.3) is 0 Å². The van der Waals surface area contributed by atoms with Crippen LogP contribution in [-0.2, 0) is 13.1 Å². The first kappa shape index (κ1) is 13.6. The van der Waals surface area contributed by atoms with Crippen molar-refractivity contribution in [3.63, 3.8) is 0 Å². The second kappa shape index (κ2) is 6.90. The van der Waals surface area contributed by atoms with Gasteiger partial charge < -0.3 is 5.32 Å². The van der Waals surface area contributed by atoms with Gasteiger partial charge >= 0.3 is 0 Å². The van der Waals surface area contributed by atoms with E-state index in [2.05, 4.69) is 35.4 Å². The van der Waals surface area contributed by atoms with Gasteiger partial charge in [0, 0.05) is 37.4 Å². The SMILES string of the molecule is CCCN(Cc1cnn(CC)c1)C1CCCNC1. The summed E-state index contributed by atoms with van der Waals surface area (Å²) >= 11 is 0. The molecule has 0 aromatic carbocycles. The van der Waals surface area contributed by atoms with Gasteiger partial charge in [-0.05, 0) is 39.3 Å². The fraction of sp³-hybridized carbons (Fsp3) is 0.786. The Morgan fingerprint density at radius 2 is 2.39 bits per heavy atom. The first-order valence-electron chi connectivity index (χ1n) is 7.29. The third-order valence-corrected chi connectivity index (χ3v) is 3.69. The molecule has 0 aliphatic carbocycles. The molecule has 1 aliphatic heterocycles. The molecule has 0 spiro atoms. The maximum absolute atomic E-state index is 4.37. The summed E-state index contributed by atoms with van der Waals surface area (Å²) in [6.45, 7) is 9.90. The standard InChI is InChI=1S/C14H26N4/c1-3-8-17(14-6-5-7-15-10-14)11-13-9-16-18(4-2)12-13/h9,12,14-15H,3-8,10-11H2,1-2H3. The lowest BCUT2D eigenvalue weighted by atomic mass is 10.1. The predicted octanol–water partition coefficient (Wildman–Crippen LogP) is 1.87. The van der Waals surface area contributed by atoms with E-state index in [1.165, 1.54) is 37.9 Å². The molecule has 0 radical (unpaired) electrons. The zero-order chi connectivity index (χ0) is 12.8. The molecular formula is C14H26N4. The highest BCUT2D eigenvalue weighted by molar-refractivity contribution is 5.04. The summed E-state index contributed by atoms with van der Waals surface area (Å²) in [5, 5.41) is 7.88. The van der Waals surface area contributed by atoms with Crippen molar-refractivity contribution in [1.29, 1.82) is 0 Å². The Hall–Kier alpha value is -0.870. The molecule has 1 fully saturated rings. The van der Waals surface area contributed by atoms with E-state index < -0.39 is 0 Å². The quantitative estimate of drug-likeness (QED) is 0.836. The minimum atomic E-state index is 0.698. The highest BCUT2D eigenvalue weighted by Gasteiger charge is 2.20. The largest absolute Gasteiger partial charge is 0.315 e. The second-order valence-corrected chi connectivity index (χ2v) is 5.17. The van der Waals surface area contributed by atoms with E-state index >= 15 is 0 Å². The predicted molar refractivity (Wildman–Crippen MR) is 74.5 cm³/mol. The Balaban J connectivity index is 1.95. The summed E-state index contributed by atoms with van der Waals surface area (Å²) in [5.74, 6) is 0. The molecule has 0 amide bonds. The summed E-state index contributed by atoms with van der Waals surface area (Å²) in [4.78, 5) is 2.61. The normalized spacial score (nSPS) is 20.5. The van der Waals surface area contributed by atoms with Crippen LogP contribution < -0.4 is 5.32 Å². The van der Waals surface area contributed by atoms with Crippen LogP contribution >= 0.6 is 0 Å². The average molecular weight is 250 g/mol. The van der Waals surface area contributed by atoms with E-state index in [-0.39, 0.29) is 0 Å².